The molecule has 1 aromatic carbocycles. The third-order valence-corrected chi connectivity index (χ3v) is 3.28. The number of morpholine rings is 1. The van der Waals surface area contributed by atoms with Gasteiger partial charge in [0.2, 0.25) is 0 Å². The molecular weight excluding hydrogens is 270 g/mol. The molecule has 21 heavy (non-hydrogen) atoms. The number of ether oxygens (including phenoxy) is 2. The van der Waals surface area contributed by atoms with Gasteiger partial charge in [-0.1, -0.05) is 12.1 Å². The molecule has 1 amide bonds. The zero-order valence-corrected chi connectivity index (χ0v) is 12.4. The summed E-state index contributed by atoms with van der Waals surface area (Å²) in [5.74, 6) is 0.180. The maximum atomic E-state index is 10.6. The van der Waals surface area contributed by atoms with Gasteiger partial charge in [-0.3, -0.25) is 9.69 Å². The minimum atomic E-state index is -0.472. The normalized spacial score (nSPS) is 18.7. The molecule has 1 aliphatic heterocycles. The quantitative estimate of drug-likeness (QED) is 0.738. The van der Waals surface area contributed by atoms with Crippen LogP contribution >= 0.6 is 0 Å². The number of primary amides is 1. The van der Waals surface area contributed by atoms with Gasteiger partial charge in [0.05, 0.1) is 12.7 Å². The van der Waals surface area contributed by atoms with Crippen molar-refractivity contribution in [2.24, 2.45) is 5.73 Å². The lowest BCUT2D eigenvalue weighted by Crippen LogP contribution is -2.44. The van der Waals surface area contributed by atoms with Crippen LogP contribution in [0.25, 0.3) is 0 Å². The summed E-state index contributed by atoms with van der Waals surface area (Å²) in [6.07, 6.45) is 0.252. The number of nitrogens with two attached hydrogens (primary N) is 1. The van der Waals surface area contributed by atoms with E-state index in [0.29, 0.717) is 5.75 Å². The van der Waals surface area contributed by atoms with Crippen molar-refractivity contribution in [2.45, 2.75) is 12.6 Å². The Labute approximate surface area is 125 Å². The van der Waals surface area contributed by atoms with Crippen LogP contribution in [-0.2, 0) is 16.1 Å². The van der Waals surface area contributed by atoms with Gasteiger partial charge >= 0.3 is 0 Å². The molecular formula is C15H23N3O3. The van der Waals surface area contributed by atoms with Gasteiger partial charge < -0.3 is 20.5 Å². The fourth-order valence-corrected chi connectivity index (χ4v) is 2.31. The second-order valence-corrected chi connectivity index (χ2v) is 5.29. The molecule has 0 aliphatic carbocycles. The zero-order chi connectivity index (χ0) is 15.1. The van der Waals surface area contributed by atoms with Gasteiger partial charge in [-0.2, -0.15) is 0 Å². The van der Waals surface area contributed by atoms with Crippen LogP contribution in [-0.4, -0.2) is 56.8 Å². The molecule has 1 atom stereocenters. The van der Waals surface area contributed by atoms with E-state index in [1.807, 2.05) is 24.3 Å². The van der Waals surface area contributed by atoms with Gasteiger partial charge in [0.15, 0.2) is 6.61 Å². The van der Waals surface area contributed by atoms with Crippen LogP contribution in [0.15, 0.2) is 24.3 Å². The van der Waals surface area contributed by atoms with Gasteiger partial charge in [-0.15, -0.1) is 0 Å². The number of carbonyl (C=O) groups excluding carboxylic acids is 1. The molecule has 1 unspecified atom stereocenters. The lowest BCUT2D eigenvalue weighted by Gasteiger charge is -2.28. The highest BCUT2D eigenvalue weighted by Crippen LogP contribution is 2.13. The molecule has 6 heteroatoms. The van der Waals surface area contributed by atoms with Crippen LogP contribution in [0.1, 0.15) is 5.56 Å². The largest absolute Gasteiger partial charge is 0.484 e. The molecule has 1 heterocycles. The number of nitrogens with one attached hydrogen (secondary N) is 1. The molecule has 1 saturated heterocycles. The molecule has 1 aromatic rings. The van der Waals surface area contributed by atoms with Crippen LogP contribution in [0.3, 0.4) is 0 Å². The first-order chi connectivity index (χ1) is 10.1. The molecule has 0 saturated carbocycles. The van der Waals surface area contributed by atoms with Gasteiger partial charge in [0, 0.05) is 26.2 Å². The first-order valence-corrected chi connectivity index (χ1v) is 7.14. The van der Waals surface area contributed by atoms with Crippen LogP contribution in [0.4, 0.5) is 0 Å². The predicted octanol–water partition coefficient (Wildman–Crippen LogP) is -0.0291. The fraction of sp³-hybridized carbons (Fsp3) is 0.533. The first kappa shape index (κ1) is 15.8. The minimum absolute atomic E-state index is 0.0920. The Morgan fingerprint density at radius 1 is 1.48 bits per heavy atom. The zero-order valence-electron chi connectivity index (χ0n) is 12.4. The Hall–Kier alpha value is -1.63. The summed E-state index contributed by atoms with van der Waals surface area (Å²) in [7, 11) is 2.08. The van der Waals surface area contributed by atoms with Crippen molar-refractivity contribution < 1.29 is 14.3 Å². The number of likely N-dealkylation sites (N-methyl/N-ethyl adjacent to an activating group) is 1. The molecule has 0 radical (unpaired) electrons. The first-order valence-electron chi connectivity index (χ1n) is 7.14. The Morgan fingerprint density at radius 3 is 2.86 bits per heavy atom. The van der Waals surface area contributed by atoms with E-state index >= 15 is 0 Å². The van der Waals surface area contributed by atoms with Crippen molar-refractivity contribution >= 4 is 5.91 Å². The number of hydrogen-bond donors (Lipinski definition) is 2. The average molecular weight is 293 g/mol. The van der Waals surface area contributed by atoms with Gasteiger partial charge in [-0.25, -0.2) is 0 Å². The molecule has 116 valence electrons. The third-order valence-electron chi connectivity index (χ3n) is 3.28. The maximum absolute atomic E-state index is 10.6. The minimum Gasteiger partial charge on any atom is -0.484 e. The summed E-state index contributed by atoms with van der Waals surface area (Å²) in [6, 6.07) is 7.69. The number of carbonyl (C=O) groups is 1. The fourth-order valence-electron chi connectivity index (χ4n) is 2.31. The summed E-state index contributed by atoms with van der Waals surface area (Å²) >= 11 is 0. The van der Waals surface area contributed by atoms with E-state index in [0.717, 1.165) is 32.8 Å². The highest BCUT2D eigenvalue weighted by atomic mass is 16.5. The highest BCUT2D eigenvalue weighted by Gasteiger charge is 2.15. The number of benzene rings is 1. The molecule has 1 fully saturated rings. The van der Waals surface area contributed by atoms with E-state index in [2.05, 4.69) is 17.3 Å². The van der Waals surface area contributed by atoms with E-state index in [9.17, 15) is 4.79 Å². The molecule has 2 rings (SSSR count). The molecule has 1 aliphatic rings. The van der Waals surface area contributed by atoms with Crippen molar-refractivity contribution in [2.75, 3.05) is 39.9 Å². The number of hydrogen-bond acceptors (Lipinski definition) is 5. The van der Waals surface area contributed by atoms with E-state index in [4.69, 9.17) is 15.2 Å². The van der Waals surface area contributed by atoms with Gasteiger partial charge in [0.25, 0.3) is 5.91 Å². The van der Waals surface area contributed by atoms with Crippen LogP contribution in [0.2, 0.25) is 0 Å². The highest BCUT2D eigenvalue weighted by molar-refractivity contribution is 5.75. The van der Waals surface area contributed by atoms with Crippen LogP contribution in [0, 0.1) is 0 Å². The molecule has 6 nitrogen and oxygen atoms in total. The Balaban J connectivity index is 1.77. The third kappa shape index (κ3) is 5.71. The van der Waals surface area contributed by atoms with E-state index in [1.54, 1.807) is 0 Å². The van der Waals surface area contributed by atoms with Crippen molar-refractivity contribution in [3.63, 3.8) is 0 Å². The summed E-state index contributed by atoms with van der Waals surface area (Å²) in [5.41, 5.74) is 6.23. The SMILES string of the molecule is CN(Cc1ccc(OCC(N)=O)cc1)CC1CNCCO1. The van der Waals surface area contributed by atoms with Crippen LogP contribution < -0.4 is 15.8 Å². The predicted molar refractivity (Wildman–Crippen MR) is 80.1 cm³/mol. The van der Waals surface area contributed by atoms with Crippen molar-refractivity contribution in [1.82, 2.24) is 10.2 Å². The Bertz CT molecular complexity index is 444. The summed E-state index contributed by atoms with van der Waals surface area (Å²) in [6.45, 7) is 4.27. The van der Waals surface area contributed by atoms with Crippen molar-refractivity contribution in [1.29, 1.82) is 0 Å². The van der Waals surface area contributed by atoms with Gasteiger partial charge in [-0.05, 0) is 24.7 Å². The summed E-state index contributed by atoms with van der Waals surface area (Å²) in [5, 5.41) is 3.33. The Kier molecular flexibility index (Phi) is 5.98. The van der Waals surface area contributed by atoms with E-state index < -0.39 is 5.91 Å². The van der Waals surface area contributed by atoms with Crippen molar-refractivity contribution in [3.05, 3.63) is 29.8 Å². The standard InChI is InChI=1S/C15H23N3O3/c1-18(10-14-8-17-6-7-20-14)9-12-2-4-13(5-3-12)21-11-15(16)19/h2-5,14,17H,6-11H2,1H3,(H2,16,19). The monoisotopic (exact) mass is 293 g/mol. The molecule has 0 bridgehead atoms. The van der Waals surface area contributed by atoms with Gasteiger partial charge in [0.1, 0.15) is 5.75 Å². The average Bonchev–Trinajstić information content (AvgIpc) is 2.47. The number of amides is 1. The summed E-state index contributed by atoms with van der Waals surface area (Å²) in [4.78, 5) is 12.9. The lowest BCUT2D eigenvalue weighted by atomic mass is 10.2. The van der Waals surface area contributed by atoms with Crippen molar-refractivity contribution in [3.8, 4) is 5.75 Å². The van der Waals surface area contributed by atoms with Crippen LogP contribution in [0.5, 0.6) is 5.75 Å². The smallest absolute Gasteiger partial charge is 0.255 e. The molecule has 3 N–H and O–H groups in total. The summed E-state index contributed by atoms with van der Waals surface area (Å²) < 4.78 is 10.9. The molecule has 0 aromatic heterocycles. The number of rotatable bonds is 7. The second-order valence-electron chi connectivity index (χ2n) is 5.29. The molecule has 0 spiro atoms. The van der Waals surface area contributed by atoms with E-state index in [-0.39, 0.29) is 12.7 Å². The number of nitrogens with zero attached hydrogens (tertiary/aromatic N) is 1. The second kappa shape index (κ2) is 7.97. The maximum Gasteiger partial charge on any atom is 0.255 e. The Morgan fingerprint density at radius 2 is 2.24 bits per heavy atom. The lowest BCUT2D eigenvalue weighted by molar-refractivity contribution is -0.119. The topological polar surface area (TPSA) is 76.8 Å². The van der Waals surface area contributed by atoms with E-state index in [1.165, 1.54) is 5.56 Å².